The van der Waals surface area contributed by atoms with E-state index in [-0.39, 0.29) is 5.78 Å². The Morgan fingerprint density at radius 1 is 0.683 bits per heavy atom. The molecular weight excluding hydrogens is 500 g/mol. The van der Waals surface area contributed by atoms with Gasteiger partial charge < -0.3 is 4.42 Å². The first-order valence-electron chi connectivity index (χ1n) is 14.2. The highest BCUT2D eigenvalue weighted by atomic mass is 16.3. The Morgan fingerprint density at radius 2 is 1.29 bits per heavy atom. The lowest BCUT2D eigenvalue weighted by molar-refractivity contribution is 0.103. The number of para-hydroxylation sites is 2. The normalized spacial score (nSPS) is 14.9. The summed E-state index contributed by atoms with van der Waals surface area (Å²) in [6, 6.07) is 36.7. The number of fused-ring (bicyclic) bond motifs is 3. The van der Waals surface area contributed by atoms with Gasteiger partial charge >= 0.3 is 0 Å². The van der Waals surface area contributed by atoms with Gasteiger partial charge in [0.1, 0.15) is 11.2 Å². The summed E-state index contributed by atoms with van der Waals surface area (Å²) >= 11 is 0. The second-order valence-corrected chi connectivity index (χ2v) is 10.9. The molecule has 0 amide bonds. The molecule has 7 rings (SSSR count). The summed E-state index contributed by atoms with van der Waals surface area (Å²) in [6.07, 6.45) is 7.71. The van der Waals surface area contributed by atoms with Gasteiger partial charge in [0.15, 0.2) is 5.78 Å². The second-order valence-electron chi connectivity index (χ2n) is 10.9. The Bertz CT molecular complexity index is 1980. The van der Waals surface area contributed by atoms with Crippen LogP contribution in [0, 0.1) is 12.8 Å². The van der Waals surface area contributed by atoms with E-state index in [4.69, 9.17) is 4.42 Å². The highest BCUT2D eigenvalue weighted by Gasteiger charge is 2.17. The smallest absolute Gasteiger partial charge is 0.193 e. The molecule has 1 heterocycles. The molecule has 0 saturated heterocycles. The minimum absolute atomic E-state index is 0.0171. The minimum Gasteiger partial charge on any atom is -0.455 e. The first kappa shape index (κ1) is 25.0. The molecule has 0 fully saturated rings. The number of ketones is 1. The summed E-state index contributed by atoms with van der Waals surface area (Å²) < 4.78 is 6.22. The number of rotatable bonds is 5. The van der Waals surface area contributed by atoms with Gasteiger partial charge in [-0.15, -0.1) is 0 Å². The molecule has 1 aliphatic carbocycles. The first-order valence-corrected chi connectivity index (χ1v) is 14.2. The quantitative estimate of drug-likeness (QED) is 0.208. The molecule has 198 valence electrons. The molecule has 41 heavy (non-hydrogen) atoms. The maximum absolute atomic E-state index is 13.4. The lowest BCUT2D eigenvalue weighted by Gasteiger charge is -2.21. The molecule has 5 aromatic carbocycles. The Kier molecular flexibility index (Phi) is 6.24. The molecule has 1 aliphatic rings. The van der Waals surface area contributed by atoms with Crippen LogP contribution in [0.2, 0.25) is 0 Å². The van der Waals surface area contributed by atoms with Crippen molar-refractivity contribution in [1.29, 1.82) is 0 Å². The van der Waals surface area contributed by atoms with Crippen molar-refractivity contribution in [2.75, 3.05) is 0 Å². The summed E-state index contributed by atoms with van der Waals surface area (Å²) in [7, 11) is 0. The molecule has 6 aromatic rings. The van der Waals surface area contributed by atoms with E-state index in [1.165, 1.54) is 22.3 Å². The minimum atomic E-state index is 0.0171. The largest absolute Gasteiger partial charge is 0.455 e. The van der Waals surface area contributed by atoms with Gasteiger partial charge in [-0.1, -0.05) is 128 Å². The highest BCUT2D eigenvalue weighted by molar-refractivity contribution is 6.11. The van der Waals surface area contributed by atoms with Crippen LogP contribution in [0.5, 0.6) is 0 Å². The van der Waals surface area contributed by atoms with Crippen LogP contribution in [0.25, 0.3) is 49.8 Å². The van der Waals surface area contributed by atoms with Crippen molar-refractivity contribution in [1.82, 2.24) is 0 Å². The highest BCUT2D eigenvalue weighted by Crippen LogP contribution is 2.37. The van der Waals surface area contributed by atoms with Crippen LogP contribution in [0.1, 0.15) is 40.4 Å². The van der Waals surface area contributed by atoms with Gasteiger partial charge in [-0.3, -0.25) is 4.79 Å². The summed E-state index contributed by atoms with van der Waals surface area (Å²) in [5.74, 6) is 0.524. The second kappa shape index (κ2) is 10.2. The fourth-order valence-electron chi connectivity index (χ4n) is 6.11. The fraction of sp³-hybridized carbons (Fsp3) is 0.103. The van der Waals surface area contributed by atoms with E-state index < -0.39 is 0 Å². The number of allylic oxidation sites excluding steroid dienone is 4. The maximum Gasteiger partial charge on any atom is 0.193 e. The predicted octanol–water partition coefficient (Wildman–Crippen LogP) is 10.4. The maximum atomic E-state index is 13.4. The zero-order chi connectivity index (χ0) is 27.9. The van der Waals surface area contributed by atoms with Crippen molar-refractivity contribution in [3.63, 3.8) is 0 Å². The topological polar surface area (TPSA) is 30.2 Å². The zero-order valence-corrected chi connectivity index (χ0v) is 23.2. The Balaban J connectivity index is 1.15. The molecule has 2 nitrogen and oxygen atoms in total. The van der Waals surface area contributed by atoms with Crippen LogP contribution in [0.4, 0.5) is 0 Å². The molecule has 1 unspecified atom stereocenters. The molecule has 0 saturated carbocycles. The number of hydrogen-bond donors (Lipinski definition) is 0. The Labute approximate surface area is 240 Å². The predicted molar refractivity (Wildman–Crippen MR) is 170 cm³/mol. The molecule has 2 heteroatoms. The van der Waals surface area contributed by atoms with Crippen molar-refractivity contribution in [2.24, 2.45) is 5.92 Å². The Hall–Kier alpha value is -4.95. The lowest BCUT2D eigenvalue weighted by atomic mass is 9.84. The summed E-state index contributed by atoms with van der Waals surface area (Å²) in [6.45, 7) is 4.48. The van der Waals surface area contributed by atoms with E-state index in [1.807, 2.05) is 54.6 Å². The molecular formula is C39H30O2. The van der Waals surface area contributed by atoms with Crippen LogP contribution in [-0.4, -0.2) is 5.78 Å². The molecule has 0 N–H and O–H groups in total. The molecule has 0 aliphatic heterocycles. The van der Waals surface area contributed by atoms with Gasteiger partial charge in [0.2, 0.25) is 0 Å². The van der Waals surface area contributed by atoms with E-state index in [0.717, 1.165) is 45.0 Å². The first-order chi connectivity index (χ1) is 20.1. The van der Waals surface area contributed by atoms with E-state index >= 15 is 0 Å². The third-order valence-electron chi connectivity index (χ3n) is 8.40. The summed E-state index contributed by atoms with van der Waals surface area (Å²) in [4.78, 5) is 13.4. The fourth-order valence-corrected chi connectivity index (χ4v) is 6.11. The average molecular weight is 531 g/mol. The van der Waals surface area contributed by atoms with Gasteiger partial charge in [-0.25, -0.2) is 0 Å². The monoisotopic (exact) mass is 530 g/mol. The van der Waals surface area contributed by atoms with E-state index in [0.29, 0.717) is 17.0 Å². The number of benzene rings is 5. The van der Waals surface area contributed by atoms with Crippen molar-refractivity contribution in [3.05, 3.63) is 150 Å². The third-order valence-corrected chi connectivity index (χ3v) is 8.40. The Morgan fingerprint density at radius 3 is 2.02 bits per heavy atom. The number of carbonyl (C=O) groups excluding carboxylic acids is 1. The number of carbonyl (C=O) groups is 1. The van der Waals surface area contributed by atoms with Crippen molar-refractivity contribution in [2.45, 2.75) is 20.3 Å². The summed E-state index contributed by atoms with van der Waals surface area (Å²) in [5, 5.41) is 2.21. The van der Waals surface area contributed by atoms with E-state index in [9.17, 15) is 4.79 Å². The molecule has 1 aromatic heterocycles. The standard InChI is InChI=1S/C39H30O2/c1-25-9-3-4-10-31(25)33-13-7-12-32(26(33)2)27-17-21-29(22-18-27)38(40)30-23-19-28(20-24-30)34-14-8-15-36-35-11-5-6-16-37(35)41-39(34)36/h3-8,10-25H,9H2,1-2H3. The molecule has 0 spiro atoms. The van der Waals surface area contributed by atoms with Crippen LogP contribution in [0.3, 0.4) is 0 Å². The van der Waals surface area contributed by atoms with Gasteiger partial charge in [0, 0.05) is 27.5 Å². The summed E-state index contributed by atoms with van der Waals surface area (Å²) in [5.41, 5.74) is 11.4. The number of hydrogen-bond acceptors (Lipinski definition) is 2. The van der Waals surface area contributed by atoms with Gasteiger partial charge in [0.25, 0.3) is 0 Å². The van der Waals surface area contributed by atoms with Crippen molar-refractivity contribution < 1.29 is 9.21 Å². The van der Waals surface area contributed by atoms with Crippen LogP contribution in [0.15, 0.2) is 132 Å². The zero-order valence-electron chi connectivity index (χ0n) is 23.2. The van der Waals surface area contributed by atoms with Crippen LogP contribution >= 0.6 is 0 Å². The average Bonchev–Trinajstić information content (AvgIpc) is 3.41. The van der Waals surface area contributed by atoms with Crippen molar-refractivity contribution in [3.8, 4) is 22.3 Å². The van der Waals surface area contributed by atoms with Gasteiger partial charge in [0.05, 0.1) is 0 Å². The molecule has 1 atom stereocenters. The van der Waals surface area contributed by atoms with Crippen LogP contribution in [-0.2, 0) is 0 Å². The van der Waals surface area contributed by atoms with Crippen molar-refractivity contribution >= 4 is 33.3 Å². The molecule has 0 bridgehead atoms. The molecule has 0 radical (unpaired) electrons. The van der Waals surface area contributed by atoms with Gasteiger partial charge in [-0.05, 0) is 58.7 Å². The SMILES string of the molecule is Cc1c(C2=CC=CCC2C)cccc1-c1ccc(C(=O)c2ccc(-c3cccc4c3oc3ccccc34)cc2)cc1. The third kappa shape index (κ3) is 4.42. The van der Waals surface area contributed by atoms with Gasteiger partial charge in [-0.2, -0.15) is 0 Å². The van der Waals surface area contributed by atoms with E-state index in [1.54, 1.807) is 0 Å². The van der Waals surface area contributed by atoms with E-state index in [2.05, 4.69) is 86.7 Å². The number of furan rings is 1. The van der Waals surface area contributed by atoms with Crippen LogP contribution < -0.4 is 0 Å². The lowest BCUT2D eigenvalue weighted by Crippen LogP contribution is -2.03.